The van der Waals surface area contributed by atoms with E-state index >= 15 is 0 Å². The third-order valence-electron chi connectivity index (χ3n) is 1.82. The molecule has 0 fully saturated rings. The zero-order valence-corrected chi connectivity index (χ0v) is 10.5. The van der Waals surface area contributed by atoms with Gasteiger partial charge in [-0.1, -0.05) is 18.5 Å². The number of sulfonamides is 1. The lowest BCUT2D eigenvalue weighted by Crippen LogP contribution is -2.29. The van der Waals surface area contributed by atoms with E-state index < -0.39 is 10.0 Å². The van der Waals surface area contributed by atoms with Crippen LogP contribution in [0.2, 0.25) is 5.02 Å². The fraction of sp³-hybridized carbons (Fsp3) is 0.444. The van der Waals surface area contributed by atoms with Gasteiger partial charge >= 0.3 is 0 Å². The van der Waals surface area contributed by atoms with Gasteiger partial charge in [-0.15, -0.1) is 0 Å². The molecule has 0 saturated carbocycles. The van der Waals surface area contributed by atoms with Crippen molar-refractivity contribution in [2.75, 3.05) is 24.2 Å². The quantitative estimate of drug-likeness (QED) is 0.806. The van der Waals surface area contributed by atoms with Crippen molar-refractivity contribution in [3.8, 4) is 0 Å². The molecule has 1 aromatic rings. The zero-order valence-electron chi connectivity index (χ0n) is 8.90. The van der Waals surface area contributed by atoms with Crippen LogP contribution >= 0.6 is 11.6 Å². The van der Waals surface area contributed by atoms with Gasteiger partial charge in [0, 0.05) is 25.5 Å². The summed E-state index contributed by atoms with van der Waals surface area (Å²) in [7, 11) is -3.19. The number of nitrogens with one attached hydrogen (secondary N) is 2. The average molecular weight is 264 g/mol. The average Bonchev–Trinajstić information content (AvgIpc) is 2.20. The predicted molar refractivity (Wildman–Crippen MR) is 65.2 cm³/mol. The summed E-state index contributed by atoms with van der Waals surface area (Å²) in [5, 5.41) is 3.41. The van der Waals surface area contributed by atoms with Crippen LogP contribution in [0.25, 0.3) is 0 Å². The maximum absolute atomic E-state index is 11.3. The van der Waals surface area contributed by atoms with Crippen LogP contribution in [0.3, 0.4) is 0 Å². The second-order valence-corrected chi connectivity index (χ2v) is 5.43. The Labute approximate surface area is 100 Å². The van der Waals surface area contributed by atoms with Gasteiger partial charge in [-0.25, -0.2) is 13.1 Å². The topological polar surface area (TPSA) is 71.1 Å². The zero-order chi connectivity index (χ0) is 12.0. The molecule has 0 aromatic carbocycles. The molecule has 0 aliphatic rings. The van der Waals surface area contributed by atoms with Gasteiger partial charge in [0.05, 0.1) is 16.5 Å². The van der Waals surface area contributed by atoms with Crippen LogP contribution < -0.4 is 10.0 Å². The summed E-state index contributed by atoms with van der Waals surface area (Å²) in [6, 6.07) is 1.70. The summed E-state index contributed by atoms with van der Waals surface area (Å²) in [4.78, 5) is 3.83. The number of aromatic nitrogens is 1. The lowest BCUT2D eigenvalue weighted by molar-refractivity contribution is 0.584. The van der Waals surface area contributed by atoms with Crippen molar-refractivity contribution in [3.63, 3.8) is 0 Å². The number of rotatable bonds is 6. The van der Waals surface area contributed by atoms with E-state index in [-0.39, 0.29) is 5.75 Å². The summed E-state index contributed by atoms with van der Waals surface area (Å²) in [5.41, 5.74) is 0.684. The Balaban J connectivity index is 2.45. The minimum absolute atomic E-state index is 0.0134. The number of halogens is 1. The van der Waals surface area contributed by atoms with Crippen LogP contribution in [0.5, 0.6) is 0 Å². The molecule has 0 bridgehead atoms. The molecule has 0 amide bonds. The van der Waals surface area contributed by atoms with Gasteiger partial charge in [-0.3, -0.25) is 4.98 Å². The maximum Gasteiger partial charge on any atom is 0.213 e. The third kappa shape index (κ3) is 4.34. The molecule has 0 atom stereocenters. The summed E-state index contributed by atoms with van der Waals surface area (Å²) >= 11 is 5.85. The second kappa shape index (κ2) is 6.03. The molecule has 0 saturated heterocycles. The monoisotopic (exact) mass is 263 g/mol. The smallest absolute Gasteiger partial charge is 0.213 e. The highest BCUT2D eigenvalue weighted by Crippen LogP contribution is 2.18. The van der Waals surface area contributed by atoms with E-state index in [1.165, 1.54) is 6.20 Å². The molecule has 0 aliphatic carbocycles. The van der Waals surface area contributed by atoms with Crippen molar-refractivity contribution < 1.29 is 8.42 Å². The molecule has 0 spiro atoms. The lowest BCUT2D eigenvalue weighted by Gasteiger charge is -2.08. The Hall–Kier alpha value is -0.850. The molecular weight excluding hydrogens is 250 g/mol. The van der Waals surface area contributed by atoms with E-state index in [0.29, 0.717) is 23.8 Å². The van der Waals surface area contributed by atoms with Crippen LogP contribution in [0, 0.1) is 0 Å². The predicted octanol–water partition coefficient (Wildman–Crippen LogP) is 1.09. The number of hydrogen-bond acceptors (Lipinski definition) is 4. The van der Waals surface area contributed by atoms with Crippen LogP contribution in [-0.2, 0) is 10.0 Å². The second-order valence-electron chi connectivity index (χ2n) is 3.10. The maximum atomic E-state index is 11.3. The molecule has 7 heteroatoms. The summed E-state index contributed by atoms with van der Waals surface area (Å²) in [5.74, 6) is 0.0134. The fourth-order valence-corrected chi connectivity index (χ4v) is 2.27. The molecule has 0 radical (unpaired) electrons. The third-order valence-corrected chi connectivity index (χ3v) is 3.59. The number of anilines is 1. The molecule has 2 N–H and O–H groups in total. The molecule has 90 valence electrons. The van der Waals surface area contributed by atoms with E-state index in [2.05, 4.69) is 15.0 Å². The molecule has 1 rings (SSSR count). The number of pyridine rings is 1. The Morgan fingerprint density at radius 1 is 1.50 bits per heavy atom. The van der Waals surface area contributed by atoms with Crippen LogP contribution in [0.1, 0.15) is 6.92 Å². The molecule has 0 aliphatic heterocycles. The number of nitrogens with zero attached hydrogens (tertiary/aromatic N) is 1. The largest absolute Gasteiger partial charge is 0.383 e. The first-order valence-corrected chi connectivity index (χ1v) is 6.89. The van der Waals surface area contributed by atoms with E-state index in [1.54, 1.807) is 19.2 Å². The Morgan fingerprint density at radius 3 is 2.88 bits per heavy atom. The van der Waals surface area contributed by atoms with Crippen molar-refractivity contribution in [1.82, 2.24) is 9.71 Å². The van der Waals surface area contributed by atoms with Gasteiger partial charge in [0.2, 0.25) is 10.0 Å². The normalized spacial score (nSPS) is 11.4. The minimum atomic E-state index is -3.19. The Bertz CT molecular complexity index is 436. The summed E-state index contributed by atoms with van der Waals surface area (Å²) in [6.07, 6.45) is 3.09. The van der Waals surface area contributed by atoms with E-state index in [0.717, 1.165) is 0 Å². The van der Waals surface area contributed by atoms with Gasteiger partial charge in [0.1, 0.15) is 0 Å². The molecule has 5 nitrogen and oxygen atoms in total. The standard InChI is InChI=1S/C9H14ClN3O2S/c1-2-13-16(14,15)6-5-12-9-3-4-11-7-8(9)10/h3-4,7,13H,2,5-6H2,1H3,(H,11,12). The van der Waals surface area contributed by atoms with Crippen LogP contribution in [0.15, 0.2) is 18.5 Å². The van der Waals surface area contributed by atoms with Crippen LogP contribution in [0.4, 0.5) is 5.69 Å². The van der Waals surface area contributed by atoms with Gasteiger partial charge < -0.3 is 5.32 Å². The molecule has 1 heterocycles. The van der Waals surface area contributed by atoms with Gasteiger partial charge in [-0.2, -0.15) is 0 Å². The molecule has 0 unspecified atom stereocenters. The van der Waals surface area contributed by atoms with Crippen molar-refractivity contribution in [1.29, 1.82) is 0 Å². The van der Waals surface area contributed by atoms with Crippen molar-refractivity contribution in [2.24, 2.45) is 0 Å². The Kier molecular flexibility index (Phi) is 4.98. The molecule has 1 aromatic heterocycles. The summed E-state index contributed by atoms with van der Waals surface area (Å²) in [6.45, 7) is 2.45. The minimum Gasteiger partial charge on any atom is -0.383 e. The first-order valence-electron chi connectivity index (χ1n) is 4.86. The van der Waals surface area contributed by atoms with E-state index in [1.807, 2.05) is 0 Å². The first-order chi connectivity index (χ1) is 7.55. The Morgan fingerprint density at radius 2 is 2.25 bits per heavy atom. The fourth-order valence-electron chi connectivity index (χ4n) is 1.13. The van der Waals surface area contributed by atoms with Crippen molar-refractivity contribution in [3.05, 3.63) is 23.5 Å². The van der Waals surface area contributed by atoms with Gasteiger partial charge in [0.25, 0.3) is 0 Å². The highest BCUT2D eigenvalue weighted by Gasteiger charge is 2.07. The molecule has 16 heavy (non-hydrogen) atoms. The van der Waals surface area contributed by atoms with Crippen LogP contribution in [-0.4, -0.2) is 32.2 Å². The SMILES string of the molecule is CCNS(=O)(=O)CCNc1ccncc1Cl. The first kappa shape index (κ1) is 13.2. The van der Waals surface area contributed by atoms with Crippen molar-refractivity contribution >= 4 is 27.3 Å². The lowest BCUT2D eigenvalue weighted by atomic mass is 10.4. The van der Waals surface area contributed by atoms with E-state index in [9.17, 15) is 8.42 Å². The van der Waals surface area contributed by atoms with Crippen molar-refractivity contribution in [2.45, 2.75) is 6.92 Å². The van der Waals surface area contributed by atoms with Gasteiger partial charge in [0.15, 0.2) is 0 Å². The molecular formula is C9H14ClN3O2S. The highest BCUT2D eigenvalue weighted by atomic mass is 35.5. The summed E-state index contributed by atoms with van der Waals surface area (Å²) < 4.78 is 25.0. The highest BCUT2D eigenvalue weighted by molar-refractivity contribution is 7.89. The van der Waals surface area contributed by atoms with E-state index in [4.69, 9.17) is 11.6 Å². The van der Waals surface area contributed by atoms with Gasteiger partial charge in [-0.05, 0) is 6.07 Å². The number of hydrogen-bond donors (Lipinski definition) is 2.